The van der Waals surface area contributed by atoms with Crippen LogP contribution in [0.15, 0.2) is 37.1 Å². The zero-order valence-electron chi connectivity index (χ0n) is 20.3. The normalized spacial score (nSPS) is 23.5. The van der Waals surface area contributed by atoms with Gasteiger partial charge in [-0.2, -0.15) is 0 Å². The van der Waals surface area contributed by atoms with Gasteiger partial charge in [0.2, 0.25) is 0 Å². The summed E-state index contributed by atoms with van der Waals surface area (Å²) < 4.78 is 16.0. The van der Waals surface area contributed by atoms with Gasteiger partial charge in [0.1, 0.15) is 12.7 Å². The lowest BCUT2D eigenvalue weighted by Crippen LogP contribution is -2.25. The van der Waals surface area contributed by atoms with Crippen LogP contribution in [-0.4, -0.2) is 36.8 Å². The molecular formula is C26H49NO3. The lowest BCUT2D eigenvalue weighted by Gasteiger charge is -2.25. The molecule has 0 amide bonds. The van der Waals surface area contributed by atoms with Crippen LogP contribution in [0.25, 0.3) is 0 Å². The Bertz CT molecular complexity index is 530. The van der Waals surface area contributed by atoms with Crippen LogP contribution in [0.5, 0.6) is 0 Å². The second-order valence-electron chi connectivity index (χ2n) is 10.7. The number of allylic oxidation sites excluding steroid dienone is 2. The van der Waals surface area contributed by atoms with Gasteiger partial charge in [-0.05, 0) is 37.7 Å². The first-order chi connectivity index (χ1) is 13.2. The van der Waals surface area contributed by atoms with Gasteiger partial charge in [-0.1, -0.05) is 62.1 Å². The number of ether oxygens (including phenoxy) is 3. The van der Waals surface area contributed by atoms with Crippen molar-refractivity contribution in [2.45, 2.75) is 94.2 Å². The smallest absolute Gasteiger partial charge is 0.182 e. The van der Waals surface area contributed by atoms with Crippen LogP contribution in [0, 0.1) is 16.7 Å². The van der Waals surface area contributed by atoms with Gasteiger partial charge in [0, 0.05) is 24.8 Å². The molecule has 3 heterocycles. The highest BCUT2D eigenvalue weighted by Crippen LogP contribution is 2.36. The molecular weight excluding hydrogens is 374 g/mol. The van der Waals surface area contributed by atoms with Crippen LogP contribution in [-0.2, 0) is 14.2 Å². The SMILES string of the molecule is C.C=C1CC(C(C)(C)C)CO1.C=C1CCC(C(C)(C)C)O1.C=C1OCCN1C(C)C. The molecule has 30 heavy (non-hydrogen) atoms. The molecule has 0 aromatic carbocycles. The van der Waals surface area contributed by atoms with Crippen LogP contribution >= 0.6 is 0 Å². The zero-order valence-corrected chi connectivity index (χ0v) is 20.3. The molecule has 3 aliphatic heterocycles. The molecule has 2 atom stereocenters. The Morgan fingerprint density at radius 3 is 1.73 bits per heavy atom. The van der Waals surface area contributed by atoms with Gasteiger partial charge in [0.15, 0.2) is 5.88 Å². The predicted molar refractivity (Wildman–Crippen MR) is 129 cm³/mol. The fraction of sp³-hybridized carbons (Fsp3) is 0.769. The van der Waals surface area contributed by atoms with E-state index >= 15 is 0 Å². The van der Waals surface area contributed by atoms with Crippen LogP contribution in [0.1, 0.15) is 82.1 Å². The minimum Gasteiger partial charge on any atom is -0.498 e. The highest BCUT2D eigenvalue weighted by atomic mass is 16.5. The van der Waals surface area contributed by atoms with Gasteiger partial charge < -0.3 is 19.1 Å². The van der Waals surface area contributed by atoms with Gasteiger partial charge >= 0.3 is 0 Å². The van der Waals surface area contributed by atoms with Crippen molar-refractivity contribution in [1.29, 1.82) is 0 Å². The predicted octanol–water partition coefficient (Wildman–Crippen LogP) is 7.14. The van der Waals surface area contributed by atoms with E-state index in [0.717, 1.165) is 56.4 Å². The molecule has 4 nitrogen and oxygen atoms in total. The van der Waals surface area contributed by atoms with Crippen molar-refractivity contribution >= 4 is 0 Å². The lowest BCUT2D eigenvalue weighted by atomic mass is 9.80. The third-order valence-electron chi connectivity index (χ3n) is 5.69. The molecule has 0 N–H and O–H groups in total. The monoisotopic (exact) mass is 423 g/mol. The molecule has 0 spiro atoms. The van der Waals surface area contributed by atoms with Crippen molar-refractivity contribution in [2.75, 3.05) is 19.8 Å². The van der Waals surface area contributed by atoms with E-state index in [9.17, 15) is 0 Å². The van der Waals surface area contributed by atoms with Gasteiger partial charge in [0.05, 0.1) is 24.7 Å². The minimum absolute atomic E-state index is 0. The standard InChI is InChI=1S/2C9H16O.C7H13NO.CH4/c1-7-5-8(6-10-7)9(2,3)4;1-7-5-6-8(10-7)9(2,3)4;1-6(2)8-4-5-9-7(8)3;/h2*8H,1,5-6H2,2-4H3;6H,3-5H2,1-2H3;1H4. The molecule has 3 aliphatic rings. The number of rotatable bonds is 1. The molecule has 0 aliphatic carbocycles. The summed E-state index contributed by atoms with van der Waals surface area (Å²) in [6, 6.07) is 0.528. The third kappa shape index (κ3) is 9.49. The van der Waals surface area contributed by atoms with Gasteiger partial charge in [-0.15, -0.1) is 0 Å². The molecule has 3 rings (SSSR count). The molecule has 0 radical (unpaired) electrons. The van der Waals surface area contributed by atoms with E-state index < -0.39 is 0 Å². The van der Waals surface area contributed by atoms with Crippen LogP contribution in [0.4, 0.5) is 0 Å². The zero-order chi connectivity index (χ0) is 22.4. The van der Waals surface area contributed by atoms with Crippen LogP contribution < -0.4 is 0 Å². The average Bonchev–Trinajstić information content (AvgIpc) is 3.28. The number of hydrogen-bond donors (Lipinski definition) is 0. The van der Waals surface area contributed by atoms with Crippen molar-refractivity contribution in [3.63, 3.8) is 0 Å². The highest BCUT2D eigenvalue weighted by molar-refractivity contribution is 4.95. The maximum Gasteiger partial charge on any atom is 0.182 e. The first kappa shape index (κ1) is 28.4. The molecule has 0 bridgehead atoms. The summed E-state index contributed by atoms with van der Waals surface area (Å²) >= 11 is 0. The largest absolute Gasteiger partial charge is 0.498 e. The summed E-state index contributed by atoms with van der Waals surface area (Å²) in [5.74, 6) is 3.41. The van der Waals surface area contributed by atoms with E-state index in [1.54, 1.807) is 0 Å². The maximum atomic E-state index is 5.53. The first-order valence-electron chi connectivity index (χ1n) is 10.9. The number of hydrogen-bond acceptors (Lipinski definition) is 4. The Hall–Kier alpha value is -1.58. The second-order valence-corrected chi connectivity index (χ2v) is 10.7. The fourth-order valence-corrected chi connectivity index (χ4v) is 3.40. The third-order valence-corrected chi connectivity index (χ3v) is 5.69. The summed E-state index contributed by atoms with van der Waals surface area (Å²) in [4.78, 5) is 2.15. The highest BCUT2D eigenvalue weighted by Gasteiger charge is 2.31. The van der Waals surface area contributed by atoms with E-state index in [1.165, 1.54) is 0 Å². The van der Waals surface area contributed by atoms with Crippen molar-refractivity contribution in [3.8, 4) is 0 Å². The second kappa shape index (κ2) is 11.7. The Morgan fingerprint density at radius 2 is 1.53 bits per heavy atom. The molecule has 0 aromatic rings. The summed E-state index contributed by atoms with van der Waals surface area (Å²) in [7, 11) is 0. The first-order valence-corrected chi connectivity index (χ1v) is 10.9. The van der Waals surface area contributed by atoms with Crippen molar-refractivity contribution < 1.29 is 14.2 Å². The molecule has 176 valence electrons. The topological polar surface area (TPSA) is 30.9 Å². The molecule has 4 heteroatoms. The maximum absolute atomic E-state index is 5.53. The van der Waals surface area contributed by atoms with Crippen molar-refractivity contribution in [3.05, 3.63) is 37.1 Å². The average molecular weight is 424 g/mol. The van der Waals surface area contributed by atoms with Crippen molar-refractivity contribution in [1.82, 2.24) is 4.90 Å². The summed E-state index contributed by atoms with van der Waals surface area (Å²) in [6.07, 6.45) is 3.62. The molecule has 3 saturated heterocycles. The van der Waals surface area contributed by atoms with Crippen molar-refractivity contribution in [2.24, 2.45) is 16.7 Å². The van der Waals surface area contributed by atoms with E-state index in [-0.39, 0.29) is 12.8 Å². The van der Waals surface area contributed by atoms with Crippen LogP contribution in [0.2, 0.25) is 0 Å². The lowest BCUT2D eigenvalue weighted by molar-refractivity contribution is 0.0620. The molecule has 3 fully saturated rings. The Balaban J connectivity index is 0.000000414. The van der Waals surface area contributed by atoms with E-state index in [1.807, 2.05) is 0 Å². The van der Waals surface area contributed by atoms with E-state index in [0.29, 0.717) is 23.5 Å². The van der Waals surface area contributed by atoms with Crippen LogP contribution in [0.3, 0.4) is 0 Å². The molecule has 2 unspecified atom stereocenters. The van der Waals surface area contributed by atoms with E-state index in [4.69, 9.17) is 14.2 Å². The fourth-order valence-electron chi connectivity index (χ4n) is 3.40. The minimum atomic E-state index is 0. The van der Waals surface area contributed by atoms with E-state index in [2.05, 4.69) is 80.0 Å². The Morgan fingerprint density at radius 1 is 0.933 bits per heavy atom. The quantitative estimate of drug-likeness (QED) is 0.448. The Labute approximate surface area is 187 Å². The summed E-state index contributed by atoms with van der Waals surface area (Å²) in [5, 5.41) is 0. The number of nitrogens with zero attached hydrogens (tertiary/aromatic N) is 1. The molecule has 0 aromatic heterocycles. The molecule has 0 saturated carbocycles. The summed E-state index contributed by atoms with van der Waals surface area (Å²) in [5.41, 5.74) is 0.652. The summed E-state index contributed by atoms with van der Waals surface area (Å²) in [6.45, 7) is 31.7. The van der Waals surface area contributed by atoms with Gasteiger partial charge in [-0.25, -0.2) is 0 Å². The Kier molecular flexibility index (Phi) is 11.1. The van der Waals surface area contributed by atoms with Gasteiger partial charge in [0.25, 0.3) is 0 Å². The van der Waals surface area contributed by atoms with Gasteiger partial charge in [-0.3, -0.25) is 0 Å².